The molecule has 1 saturated heterocycles. The highest BCUT2D eigenvalue weighted by atomic mass is 15.3. The van der Waals surface area contributed by atoms with Gasteiger partial charge in [0.05, 0.1) is 17.1 Å². The maximum Gasteiger partial charge on any atom is 0.179 e. The van der Waals surface area contributed by atoms with Gasteiger partial charge in [-0.2, -0.15) is 5.10 Å². The minimum absolute atomic E-state index is 0.706. The van der Waals surface area contributed by atoms with Gasteiger partial charge in [0, 0.05) is 31.7 Å². The van der Waals surface area contributed by atoms with Crippen LogP contribution in [0, 0.1) is 0 Å². The second kappa shape index (κ2) is 6.72. The molecular weight excluding hydrogens is 312 g/mol. The molecule has 0 radical (unpaired) electrons. The van der Waals surface area contributed by atoms with Crippen molar-refractivity contribution in [3.8, 4) is 11.1 Å². The first kappa shape index (κ1) is 15.9. The Morgan fingerprint density at radius 2 is 1.92 bits per heavy atom. The number of nitrogens with one attached hydrogen (secondary N) is 1. The molecular formula is C19H24N6. The van der Waals surface area contributed by atoms with Crippen LogP contribution in [-0.2, 0) is 6.42 Å². The summed E-state index contributed by atoms with van der Waals surface area (Å²) in [6.45, 7) is 6.10. The molecule has 0 amide bonds. The van der Waals surface area contributed by atoms with E-state index in [-0.39, 0.29) is 0 Å². The number of hydrogen-bond donors (Lipinski definition) is 2. The maximum absolute atomic E-state index is 6.60. The number of rotatable bonds is 4. The summed E-state index contributed by atoms with van der Waals surface area (Å²) in [7, 11) is 0. The van der Waals surface area contributed by atoms with Crippen LogP contribution in [0.2, 0.25) is 0 Å². The van der Waals surface area contributed by atoms with Gasteiger partial charge in [-0.25, -0.2) is 9.50 Å². The summed E-state index contributed by atoms with van der Waals surface area (Å²) in [6, 6.07) is 10.4. The summed E-state index contributed by atoms with van der Waals surface area (Å²) in [4.78, 5) is 6.88. The number of nitrogens with zero attached hydrogens (tertiary/aromatic N) is 4. The van der Waals surface area contributed by atoms with Crippen LogP contribution in [0.4, 0.5) is 11.4 Å². The Hall–Kier alpha value is -2.60. The summed E-state index contributed by atoms with van der Waals surface area (Å²) in [6.07, 6.45) is 3.59. The normalized spacial score (nSPS) is 15.0. The first-order valence-electron chi connectivity index (χ1n) is 8.96. The van der Waals surface area contributed by atoms with E-state index in [4.69, 9.17) is 5.73 Å². The fourth-order valence-corrected chi connectivity index (χ4v) is 3.69. The first-order chi connectivity index (χ1) is 12.3. The van der Waals surface area contributed by atoms with Crippen LogP contribution in [-0.4, -0.2) is 40.8 Å². The molecule has 130 valence electrons. The Balaban J connectivity index is 2.04. The molecule has 25 heavy (non-hydrogen) atoms. The van der Waals surface area contributed by atoms with Crippen molar-refractivity contribution >= 4 is 17.0 Å². The molecule has 0 saturated carbocycles. The van der Waals surface area contributed by atoms with Crippen LogP contribution in [0.5, 0.6) is 0 Å². The highest BCUT2D eigenvalue weighted by Crippen LogP contribution is 2.41. The summed E-state index contributed by atoms with van der Waals surface area (Å²) in [5, 5.41) is 7.91. The van der Waals surface area contributed by atoms with Crippen molar-refractivity contribution in [2.45, 2.75) is 19.8 Å². The Labute approximate surface area is 147 Å². The Kier molecular flexibility index (Phi) is 4.28. The Morgan fingerprint density at radius 1 is 1.16 bits per heavy atom. The Bertz CT molecular complexity index is 865. The van der Waals surface area contributed by atoms with E-state index in [0.717, 1.165) is 55.8 Å². The van der Waals surface area contributed by atoms with Crippen molar-refractivity contribution in [1.82, 2.24) is 19.9 Å². The van der Waals surface area contributed by atoms with Crippen molar-refractivity contribution in [3.05, 3.63) is 42.4 Å². The van der Waals surface area contributed by atoms with Gasteiger partial charge in [0.25, 0.3) is 0 Å². The third-order valence-corrected chi connectivity index (χ3v) is 4.81. The summed E-state index contributed by atoms with van der Waals surface area (Å²) >= 11 is 0. The van der Waals surface area contributed by atoms with E-state index in [2.05, 4.69) is 51.5 Å². The van der Waals surface area contributed by atoms with Gasteiger partial charge in [0.2, 0.25) is 0 Å². The van der Waals surface area contributed by atoms with E-state index in [1.807, 2.05) is 10.6 Å². The lowest BCUT2D eigenvalue weighted by Gasteiger charge is -2.33. The second-order valence-corrected chi connectivity index (χ2v) is 6.43. The van der Waals surface area contributed by atoms with Gasteiger partial charge in [-0.15, -0.1) is 0 Å². The average molecular weight is 336 g/mol. The molecule has 0 aliphatic carbocycles. The van der Waals surface area contributed by atoms with Gasteiger partial charge in [-0.3, -0.25) is 0 Å². The lowest BCUT2D eigenvalue weighted by molar-refractivity contribution is 0.585. The molecule has 3 N–H and O–H groups in total. The topological polar surface area (TPSA) is 71.5 Å². The highest BCUT2D eigenvalue weighted by Gasteiger charge is 2.25. The first-order valence-corrected chi connectivity index (χ1v) is 8.96. The molecule has 0 bridgehead atoms. The molecule has 6 heteroatoms. The number of aromatic nitrogens is 3. The predicted molar refractivity (Wildman–Crippen MR) is 102 cm³/mol. The Morgan fingerprint density at radius 3 is 2.64 bits per heavy atom. The predicted octanol–water partition coefficient (Wildman–Crippen LogP) is 2.34. The van der Waals surface area contributed by atoms with Gasteiger partial charge >= 0.3 is 0 Å². The minimum atomic E-state index is 0.706. The quantitative estimate of drug-likeness (QED) is 0.765. The van der Waals surface area contributed by atoms with E-state index >= 15 is 0 Å². The number of pyridine rings is 1. The zero-order valence-corrected chi connectivity index (χ0v) is 14.6. The van der Waals surface area contributed by atoms with Crippen LogP contribution >= 0.6 is 0 Å². The monoisotopic (exact) mass is 336 g/mol. The van der Waals surface area contributed by atoms with Crippen molar-refractivity contribution in [3.63, 3.8) is 0 Å². The van der Waals surface area contributed by atoms with Gasteiger partial charge in [-0.1, -0.05) is 43.7 Å². The number of piperazine rings is 1. The number of anilines is 2. The van der Waals surface area contributed by atoms with E-state index in [0.29, 0.717) is 5.69 Å². The van der Waals surface area contributed by atoms with Gasteiger partial charge in [0.15, 0.2) is 5.65 Å². The number of aryl methyl sites for hydroxylation is 1. The average Bonchev–Trinajstić information content (AvgIpc) is 3.15. The highest BCUT2D eigenvalue weighted by molar-refractivity contribution is 5.95. The largest absolute Gasteiger partial charge is 0.395 e. The molecule has 6 nitrogen and oxygen atoms in total. The second-order valence-electron chi connectivity index (χ2n) is 6.43. The molecule has 0 unspecified atom stereocenters. The summed E-state index contributed by atoms with van der Waals surface area (Å²) in [5.41, 5.74) is 12.7. The van der Waals surface area contributed by atoms with E-state index < -0.39 is 0 Å². The summed E-state index contributed by atoms with van der Waals surface area (Å²) in [5.74, 6) is 0. The molecule has 1 aromatic carbocycles. The van der Waals surface area contributed by atoms with Crippen molar-refractivity contribution in [1.29, 1.82) is 0 Å². The number of nitrogen functional groups attached to an aromatic ring is 1. The van der Waals surface area contributed by atoms with E-state index in [9.17, 15) is 0 Å². The molecule has 0 spiro atoms. The fourth-order valence-electron chi connectivity index (χ4n) is 3.69. The van der Waals surface area contributed by atoms with Crippen LogP contribution in [0.1, 0.15) is 19.0 Å². The molecule has 2 aromatic heterocycles. The number of hydrogen-bond acceptors (Lipinski definition) is 5. The molecule has 0 atom stereocenters. The molecule has 3 aromatic rings. The number of nitrogens with two attached hydrogens (primary N) is 1. The maximum atomic E-state index is 6.60. The lowest BCUT2D eigenvalue weighted by atomic mass is 9.98. The standard InChI is InChI=1S/C19H24N6/c1-2-6-15-18(24-11-9-21-10-12-24)16(14-7-4-3-5-8-14)17(20)19-22-13-23-25(15)19/h3-5,7-8,13,21H,2,6,9-12,20H2,1H3. The zero-order valence-electron chi connectivity index (χ0n) is 14.6. The number of benzene rings is 1. The lowest BCUT2D eigenvalue weighted by Crippen LogP contribution is -2.44. The van der Waals surface area contributed by atoms with Crippen LogP contribution < -0.4 is 16.0 Å². The van der Waals surface area contributed by atoms with Gasteiger partial charge in [-0.05, 0) is 12.0 Å². The molecule has 1 aliphatic rings. The van der Waals surface area contributed by atoms with Gasteiger partial charge < -0.3 is 16.0 Å². The molecule has 4 rings (SSSR count). The van der Waals surface area contributed by atoms with Crippen LogP contribution in [0.25, 0.3) is 16.8 Å². The van der Waals surface area contributed by atoms with E-state index in [1.165, 1.54) is 11.4 Å². The zero-order chi connectivity index (χ0) is 17.2. The third-order valence-electron chi connectivity index (χ3n) is 4.81. The smallest absolute Gasteiger partial charge is 0.179 e. The van der Waals surface area contributed by atoms with E-state index in [1.54, 1.807) is 6.33 Å². The molecule has 1 fully saturated rings. The van der Waals surface area contributed by atoms with Crippen molar-refractivity contribution in [2.75, 3.05) is 36.8 Å². The van der Waals surface area contributed by atoms with Crippen LogP contribution in [0.3, 0.4) is 0 Å². The third kappa shape index (κ3) is 2.72. The molecule has 1 aliphatic heterocycles. The molecule has 3 heterocycles. The van der Waals surface area contributed by atoms with Crippen LogP contribution in [0.15, 0.2) is 36.7 Å². The van der Waals surface area contributed by atoms with Gasteiger partial charge in [0.1, 0.15) is 6.33 Å². The SMILES string of the molecule is CCCc1c(N2CCNCC2)c(-c2ccccc2)c(N)c2ncnn12. The van der Waals surface area contributed by atoms with Crippen molar-refractivity contribution < 1.29 is 0 Å². The van der Waals surface area contributed by atoms with Crippen molar-refractivity contribution in [2.24, 2.45) is 0 Å². The summed E-state index contributed by atoms with van der Waals surface area (Å²) < 4.78 is 1.93. The minimum Gasteiger partial charge on any atom is -0.395 e. The fraction of sp³-hybridized carbons (Fsp3) is 0.368. The number of fused-ring (bicyclic) bond motifs is 1.